The van der Waals surface area contributed by atoms with Gasteiger partial charge in [-0.25, -0.2) is 0 Å². The standard InChI is InChI=1S/C30H42O13/c1-13-19(39-14(2)31)11-30(37)26(43-18(6)35)24-28(9,20(36)10-21(40-15(3)32)29(24)12-38-29)25(42-17(5)34)23(41-16(4)33)22(13)27(30,7)8/h19-21,23-26,36-37H,10-12H2,1-9H3/t19-,20-,21-,23+,24-,25-,26-,28+,29-,30+/m0/s1. The van der Waals surface area contributed by atoms with E-state index in [2.05, 4.69) is 0 Å². The number of hydrogen-bond acceptors (Lipinski definition) is 13. The summed E-state index contributed by atoms with van der Waals surface area (Å²) in [5.41, 5.74) is -5.72. The van der Waals surface area contributed by atoms with E-state index in [0.717, 1.165) is 13.8 Å². The average molecular weight is 611 g/mol. The molecule has 0 aromatic carbocycles. The van der Waals surface area contributed by atoms with Crippen LogP contribution in [-0.4, -0.2) is 94.5 Å². The molecule has 13 heteroatoms. The third-order valence-electron chi connectivity index (χ3n) is 9.98. The van der Waals surface area contributed by atoms with Crippen LogP contribution in [0.25, 0.3) is 0 Å². The lowest BCUT2D eigenvalue weighted by Crippen LogP contribution is -2.76. The first kappa shape index (κ1) is 32.9. The molecule has 0 aromatic heterocycles. The van der Waals surface area contributed by atoms with E-state index in [9.17, 15) is 34.2 Å². The summed E-state index contributed by atoms with van der Waals surface area (Å²) in [4.78, 5) is 62.6. The maximum absolute atomic E-state index is 12.9. The van der Waals surface area contributed by atoms with Crippen LogP contribution in [0.15, 0.2) is 11.1 Å². The molecule has 3 fully saturated rings. The second kappa shape index (κ2) is 10.8. The first-order valence-electron chi connectivity index (χ1n) is 14.4. The smallest absolute Gasteiger partial charge is 0.303 e. The average Bonchev–Trinajstić information content (AvgIpc) is 3.63. The number of ether oxygens (including phenoxy) is 6. The van der Waals surface area contributed by atoms with E-state index in [-0.39, 0.29) is 25.0 Å². The van der Waals surface area contributed by atoms with Gasteiger partial charge >= 0.3 is 29.8 Å². The molecule has 2 bridgehead atoms. The molecule has 43 heavy (non-hydrogen) atoms. The highest BCUT2D eigenvalue weighted by Gasteiger charge is 2.79. The van der Waals surface area contributed by atoms with Gasteiger partial charge < -0.3 is 38.6 Å². The monoisotopic (exact) mass is 610 g/mol. The molecule has 0 radical (unpaired) electrons. The minimum atomic E-state index is -2.05. The zero-order valence-corrected chi connectivity index (χ0v) is 26.0. The number of aliphatic hydroxyl groups excluding tert-OH is 1. The Kier molecular flexibility index (Phi) is 8.29. The molecule has 4 aliphatic rings. The van der Waals surface area contributed by atoms with E-state index in [1.54, 1.807) is 27.7 Å². The van der Waals surface area contributed by atoms with Crippen molar-refractivity contribution in [3.63, 3.8) is 0 Å². The van der Waals surface area contributed by atoms with Crippen molar-refractivity contribution in [1.29, 1.82) is 0 Å². The van der Waals surface area contributed by atoms with Crippen molar-refractivity contribution in [2.75, 3.05) is 6.61 Å². The Balaban J connectivity index is 2.15. The van der Waals surface area contributed by atoms with Crippen LogP contribution in [0.3, 0.4) is 0 Å². The van der Waals surface area contributed by atoms with Gasteiger partial charge in [-0.05, 0) is 18.1 Å². The van der Waals surface area contributed by atoms with Crippen LogP contribution in [0, 0.1) is 16.7 Å². The zero-order chi connectivity index (χ0) is 32.4. The third kappa shape index (κ3) is 5.12. The number of esters is 5. The van der Waals surface area contributed by atoms with Crippen molar-refractivity contribution < 1.29 is 62.6 Å². The Morgan fingerprint density at radius 1 is 0.791 bits per heavy atom. The summed E-state index contributed by atoms with van der Waals surface area (Å²) < 4.78 is 35.2. The largest absolute Gasteiger partial charge is 0.459 e. The van der Waals surface area contributed by atoms with Crippen LogP contribution in [0.1, 0.15) is 75.2 Å². The highest BCUT2D eigenvalue weighted by molar-refractivity contribution is 5.70. The summed E-state index contributed by atoms with van der Waals surface area (Å²) in [6.45, 7) is 12.5. The van der Waals surface area contributed by atoms with Gasteiger partial charge in [0.2, 0.25) is 0 Å². The Hall–Kier alpha value is -3.03. The number of hydrogen-bond donors (Lipinski definition) is 2. The molecule has 1 heterocycles. The van der Waals surface area contributed by atoms with Crippen molar-refractivity contribution in [2.24, 2.45) is 16.7 Å². The van der Waals surface area contributed by atoms with Gasteiger partial charge in [-0.1, -0.05) is 20.8 Å². The van der Waals surface area contributed by atoms with E-state index in [4.69, 9.17) is 28.4 Å². The molecule has 0 unspecified atom stereocenters. The van der Waals surface area contributed by atoms with Crippen molar-refractivity contribution in [3.8, 4) is 0 Å². The number of aliphatic hydroxyl groups is 2. The lowest BCUT2D eigenvalue weighted by molar-refractivity contribution is -0.283. The summed E-state index contributed by atoms with van der Waals surface area (Å²) in [5.74, 6) is -4.76. The zero-order valence-electron chi connectivity index (χ0n) is 26.0. The predicted octanol–water partition coefficient (Wildman–Crippen LogP) is 1.29. The number of rotatable bonds is 5. The van der Waals surface area contributed by atoms with Gasteiger partial charge in [0.05, 0.1) is 12.7 Å². The van der Waals surface area contributed by atoms with E-state index < -0.39 is 94.4 Å². The van der Waals surface area contributed by atoms with Crippen LogP contribution < -0.4 is 0 Å². The molecule has 1 saturated heterocycles. The van der Waals surface area contributed by atoms with E-state index in [1.165, 1.54) is 20.8 Å². The Labute approximate surface area is 250 Å². The minimum absolute atomic E-state index is 0.00762. The number of epoxide rings is 1. The fourth-order valence-electron chi connectivity index (χ4n) is 8.07. The van der Waals surface area contributed by atoms with Crippen LogP contribution in [0.5, 0.6) is 0 Å². The van der Waals surface area contributed by atoms with Gasteiger partial charge in [-0.15, -0.1) is 0 Å². The van der Waals surface area contributed by atoms with Crippen molar-refractivity contribution in [3.05, 3.63) is 11.1 Å². The summed E-state index contributed by atoms with van der Waals surface area (Å²) in [6, 6.07) is 0. The minimum Gasteiger partial charge on any atom is -0.459 e. The fourth-order valence-corrected chi connectivity index (χ4v) is 8.07. The molecular weight excluding hydrogens is 568 g/mol. The first-order chi connectivity index (χ1) is 19.7. The van der Waals surface area contributed by atoms with Gasteiger partial charge in [-0.2, -0.15) is 0 Å². The molecule has 4 rings (SSSR count). The van der Waals surface area contributed by atoms with Crippen molar-refractivity contribution in [2.45, 2.75) is 123 Å². The Morgan fingerprint density at radius 3 is 1.74 bits per heavy atom. The lowest BCUT2D eigenvalue weighted by atomic mass is 9.45. The van der Waals surface area contributed by atoms with Gasteiger partial charge in [-0.3, -0.25) is 24.0 Å². The molecule has 1 aliphatic heterocycles. The normalized spacial score (nSPS) is 41.1. The number of carbonyl (C=O) groups excluding carboxylic acids is 5. The van der Waals surface area contributed by atoms with Gasteiger partial charge in [0.15, 0.2) is 12.2 Å². The van der Waals surface area contributed by atoms with Crippen molar-refractivity contribution in [1.82, 2.24) is 0 Å². The van der Waals surface area contributed by atoms with Gasteiger partial charge in [0, 0.05) is 64.2 Å². The summed E-state index contributed by atoms with van der Waals surface area (Å²) in [5, 5.41) is 24.9. The summed E-state index contributed by atoms with van der Waals surface area (Å²) in [6.07, 6.45) is -8.19. The second-order valence-corrected chi connectivity index (χ2v) is 13.0. The Morgan fingerprint density at radius 2 is 1.28 bits per heavy atom. The molecule has 10 atom stereocenters. The maximum atomic E-state index is 12.9. The van der Waals surface area contributed by atoms with Gasteiger partial charge in [0.1, 0.15) is 29.5 Å². The first-order valence-corrected chi connectivity index (χ1v) is 14.4. The lowest BCUT2D eigenvalue weighted by Gasteiger charge is -2.64. The second-order valence-electron chi connectivity index (χ2n) is 13.0. The molecule has 240 valence electrons. The molecule has 2 N–H and O–H groups in total. The molecule has 3 aliphatic carbocycles. The maximum Gasteiger partial charge on any atom is 0.303 e. The van der Waals surface area contributed by atoms with Crippen LogP contribution >= 0.6 is 0 Å². The topological polar surface area (TPSA) is 184 Å². The third-order valence-corrected chi connectivity index (χ3v) is 9.98. The molecule has 13 nitrogen and oxygen atoms in total. The van der Waals surface area contributed by atoms with Crippen molar-refractivity contribution >= 4 is 29.8 Å². The quantitative estimate of drug-likeness (QED) is 0.197. The van der Waals surface area contributed by atoms with E-state index in [1.807, 2.05) is 0 Å². The Bertz CT molecular complexity index is 1250. The molecule has 2 saturated carbocycles. The predicted molar refractivity (Wildman–Crippen MR) is 145 cm³/mol. The molecule has 0 aromatic rings. The summed E-state index contributed by atoms with van der Waals surface area (Å²) >= 11 is 0. The van der Waals surface area contributed by atoms with Gasteiger partial charge in [0.25, 0.3) is 0 Å². The molecule has 1 spiro atoms. The molecule has 0 amide bonds. The SMILES string of the molecule is CC(=O)O[C@H]1C[C@@]2(O)[C@@H](OC(C)=O)[C@@H]3[C@]4(CO4)[C@@H](OC(C)=O)C[C@H](O)[C@@]3(C)[C@@H](OC(C)=O)[C@H](OC(C)=O)C(=C1C)C2(C)C. The molecular formula is C30H42O13. The van der Waals surface area contributed by atoms with E-state index in [0.29, 0.717) is 5.57 Å². The number of carbonyl (C=O) groups is 5. The van der Waals surface area contributed by atoms with Crippen LogP contribution in [-0.2, 0) is 52.4 Å². The van der Waals surface area contributed by atoms with E-state index >= 15 is 0 Å². The fraction of sp³-hybridized carbons (Fsp3) is 0.767. The highest BCUT2D eigenvalue weighted by atomic mass is 16.6. The van der Waals surface area contributed by atoms with Crippen LogP contribution in [0.2, 0.25) is 0 Å². The highest BCUT2D eigenvalue weighted by Crippen LogP contribution is 2.66. The van der Waals surface area contributed by atoms with Crippen LogP contribution in [0.4, 0.5) is 0 Å². The summed E-state index contributed by atoms with van der Waals surface area (Å²) in [7, 11) is 0. The number of fused-ring (bicyclic) bond motifs is 4.